The Bertz CT molecular complexity index is 1060. The highest BCUT2D eigenvalue weighted by atomic mass is 19.4. The third kappa shape index (κ3) is 4.13. The van der Waals surface area contributed by atoms with Crippen molar-refractivity contribution in [1.82, 2.24) is 25.1 Å². The van der Waals surface area contributed by atoms with E-state index in [1.807, 2.05) is 0 Å². The van der Waals surface area contributed by atoms with Gasteiger partial charge in [0.15, 0.2) is 5.82 Å². The molecule has 14 heteroatoms. The topological polar surface area (TPSA) is 123 Å². The lowest BCUT2D eigenvalue weighted by molar-refractivity contribution is -0.283. The van der Waals surface area contributed by atoms with Crippen molar-refractivity contribution in [2.75, 3.05) is 18.1 Å². The van der Waals surface area contributed by atoms with Gasteiger partial charge in [0.25, 0.3) is 0 Å². The van der Waals surface area contributed by atoms with Gasteiger partial charge in [-0.15, -0.1) is 0 Å². The maximum Gasteiger partial charge on any atom is 0.453 e. The van der Waals surface area contributed by atoms with Crippen molar-refractivity contribution in [3.63, 3.8) is 0 Å². The molecule has 0 aromatic carbocycles. The number of halogens is 5. The number of hydrogen-bond acceptors (Lipinski definition) is 7. The van der Waals surface area contributed by atoms with E-state index < -0.39 is 30.5 Å². The standard InChI is InChI=1S/C18H21F5N8O/c1-16(25-2)11-12(24)28-10(29-13(11)30-15(16)32)7-9-8-27-31(3)14(9)26-6-4-5-17(19,20)18(21,22)23/h6,8,25H,4-5,7H2,1-3H3,(H3,24,28,29,30,32)/b26-6+. The van der Waals surface area contributed by atoms with E-state index >= 15 is 0 Å². The molecule has 0 aliphatic carbocycles. The highest BCUT2D eigenvalue weighted by molar-refractivity contribution is 6.06. The van der Waals surface area contributed by atoms with Crippen LogP contribution in [0.2, 0.25) is 0 Å². The summed E-state index contributed by atoms with van der Waals surface area (Å²) < 4.78 is 64.2. The van der Waals surface area contributed by atoms with E-state index in [9.17, 15) is 26.7 Å². The van der Waals surface area contributed by atoms with Gasteiger partial charge in [-0.1, -0.05) is 0 Å². The lowest BCUT2D eigenvalue weighted by Crippen LogP contribution is -2.43. The highest BCUT2D eigenvalue weighted by Crippen LogP contribution is 2.39. The molecule has 0 bridgehead atoms. The van der Waals surface area contributed by atoms with E-state index in [1.54, 1.807) is 14.0 Å². The summed E-state index contributed by atoms with van der Waals surface area (Å²) in [6.07, 6.45) is -5.10. The number of aryl methyl sites for hydroxylation is 1. The van der Waals surface area contributed by atoms with Gasteiger partial charge in [-0.2, -0.15) is 27.1 Å². The first-order chi connectivity index (χ1) is 14.8. The number of nitrogens with two attached hydrogens (primary N) is 1. The lowest BCUT2D eigenvalue weighted by atomic mass is 9.95. The van der Waals surface area contributed by atoms with Crippen LogP contribution in [-0.2, 0) is 23.8 Å². The van der Waals surface area contributed by atoms with Crippen LogP contribution < -0.4 is 16.4 Å². The molecule has 0 radical (unpaired) electrons. The second-order valence-corrected chi connectivity index (χ2v) is 7.42. The second kappa shape index (κ2) is 8.07. The Morgan fingerprint density at radius 2 is 2.00 bits per heavy atom. The van der Waals surface area contributed by atoms with Gasteiger partial charge in [-0.05, 0) is 20.4 Å². The van der Waals surface area contributed by atoms with Crippen LogP contribution in [0.25, 0.3) is 0 Å². The molecule has 1 amide bonds. The zero-order chi connectivity index (χ0) is 23.9. The summed E-state index contributed by atoms with van der Waals surface area (Å²) in [5.74, 6) is -4.28. The maximum absolute atomic E-state index is 13.0. The molecule has 4 N–H and O–H groups in total. The molecule has 0 spiro atoms. The third-order valence-corrected chi connectivity index (χ3v) is 5.21. The predicted molar refractivity (Wildman–Crippen MR) is 106 cm³/mol. The van der Waals surface area contributed by atoms with Gasteiger partial charge in [-0.25, -0.2) is 15.0 Å². The van der Waals surface area contributed by atoms with E-state index in [-0.39, 0.29) is 35.6 Å². The first kappa shape index (κ1) is 23.5. The molecule has 3 heterocycles. The van der Waals surface area contributed by atoms with Crippen molar-refractivity contribution in [3.8, 4) is 0 Å². The van der Waals surface area contributed by atoms with Crippen molar-refractivity contribution in [2.24, 2.45) is 12.0 Å². The Labute approximate surface area is 179 Å². The first-order valence-corrected chi connectivity index (χ1v) is 9.45. The van der Waals surface area contributed by atoms with Gasteiger partial charge in [0.05, 0.1) is 11.8 Å². The average Bonchev–Trinajstić information content (AvgIpc) is 3.15. The van der Waals surface area contributed by atoms with E-state index in [4.69, 9.17) is 5.73 Å². The van der Waals surface area contributed by atoms with E-state index in [2.05, 4.69) is 30.7 Å². The lowest BCUT2D eigenvalue weighted by Gasteiger charge is -2.21. The second-order valence-electron chi connectivity index (χ2n) is 7.42. The molecular formula is C18H21F5N8O. The van der Waals surface area contributed by atoms with E-state index in [0.717, 1.165) is 6.21 Å². The Balaban J connectivity index is 1.79. The first-order valence-electron chi connectivity index (χ1n) is 9.45. The van der Waals surface area contributed by atoms with Gasteiger partial charge in [0.2, 0.25) is 5.91 Å². The largest absolute Gasteiger partial charge is 0.453 e. The van der Waals surface area contributed by atoms with E-state index in [0.29, 0.717) is 11.1 Å². The summed E-state index contributed by atoms with van der Waals surface area (Å²) >= 11 is 0. The number of anilines is 2. The Morgan fingerprint density at radius 3 is 2.62 bits per heavy atom. The minimum absolute atomic E-state index is 0.0862. The van der Waals surface area contributed by atoms with Crippen molar-refractivity contribution in [3.05, 3.63) is 23.1 Å². The zero-order valence-corrected chi connectivity index (χ0v) is 17.4. The minimum atomic E-state index is -5.61. The third-order valence-electron chi connectivity index (χ3n) is 5.21. The molecule has 9 nitrogen and oxygen atoms in total. The van der Waals surface area contributed by atoms with Gasteiger partial charge < -0.3 is 16.4 Å². The molecule has 2 aromatic rings. The van der Waals surface area contributed by atoms with Gasteiger partial charge in [0, 0.05) is 31.7 Å². The molecule has 1 aliphatic rings. The molecule has 0 fully saturated rings. The average molecular weight is 460 g/mol. The van der Waals surface area contributed by atoms with Crippen LogP contribution in [0.1, 0.15) is 36.7 Å². The number of nitrogens with one attached hydrogen (secondary N) is 2. The van der Waals surface area contributed by atoms with Crippen LogP contribution >= 0.6 is 0 Å². The molecule has 0 saturated carbocycles. The number of carbonyl (C=O) groups is 1. The van der Waals surface area contributed by atoms with Crippen molar-refractivity contribution >= 4 is 29.6 Å². The number of amides is 1. The maximum atomic E-state index is 13.0. The number of fused-ring (bicyclic) bond motifs is 1. The van der Waals surface area contributed by atoms with Crippen LogP contribution in [0.4, 0.5) is 39.4 Å². The number of hydrogen-bond donors (Lipinski definition) is 3. The van der Waals surface area contributed by atoms with E-state index in [1.165, 1.54) is 17.9 Å². The molecule has 1 atom stereocenters. The highest BCUT2D eigenvalue weighted by Gasteiger charge is 2.56. The fourth-order valence-corrected chi connectivity index (χ4v) is 3.25. The van der Waals surface area contributed by atoms with Crippen LogP contribution in [0.5, 0.6) is 0 Å². The molecule has 3 rings (SSSR count). The fraction of sp³-hybridized carbons (Fsp3) is 0.500. The quantitative estimate of drug-likeness (QED) is 0.431. The molecule has 32 heavy (non-hydrogen) atoms. The summed E-state index contributed by atoms with van der Waals surface area (Å²) in [5.41, 5.74) is 5.89. The van der Waals surface area contributed by atoms with Gasteiger partial charge in [0.1, 0.15) is 23.0 Å². The number of rotatable bonds is 7. The Hall–Kier alpha value is -3.16. The number of carbonyl (C=O) groups excluding carboxylic acids is 1. The number of alkyl halides is 5. The molecular weight excluding hydrogens is 439 g/mol. The normalized spacial score (nSPS) is 18.9. The summed E-state index contributed by atoms with van der Waals surface area (Å²) in [6, 6.07) is 0. The van der Waals surface area contributed by atoms with Gasteiger partial charge >= 0.3 is 12.1 Å². The number of likely N-dealkylation sites (N-methyl/N-ethyl adjacent to an activating group) is 1. The van der Waals surface area contributed by atoms with Crippen LogP contribution in [-0.4, -0.2) is 51.0 Å². The van der Waals surface area contributed by atoms with Gasteiger partial charge in [-0.3, -0.25) is 9.48 Å². The van der Waals surface area contributed by atoms with Crippen LogP contribution in [0.15, 0.2) is 11.2 Å². The Morgan fingerprint density at radius 1 is 1.31 bits per heavy atom. The summed E-state index contributed by atoms with van der Waals surface area (Å²) in [5, 5.41) is 9.57. The number of nitrogens with zero attached hydrogens (tertiary/aromatic N) is 5. The zero-order valence-electron chi connectivity index (χ0n) is 17.4. The SMILES string of the molecule is CNC1(C)C(=O)Nc2nc(Cc3cnn(C)c3/N=C/CCC(F)(F)C(F)(F)F)nc(N)c21. The molecule has 2 aromatic heterocycles. The summed E-state index contributed by atoms with van der Waals surface area (Å²) in [7, 11) is 3.14. The molecule has 1 unspecified atom stereocenters. The fourth-order valence-electron chi connectivity index (χ4n) is 3.25. The van der Waals surface area contributed by atoms with Crippen molar-refractivity contribution in [1.29, 1.82) is 0 Å². The van der Waals surface area contributed by atoms with Crippen LogP contribution in [0.3, 0.4) is 0 Å². The Kier molecular flexibility index (Phi) is 5.93. The summed E-state index contributed by atoms with van der Waals surface area (Å²) in [6.45, 7) is 1.64. The molecule has 174 valence electrons. The number of nitrogen functional groups attached to an aromatic ring is 1. The minimum Gasteiger partial charge on any atom is -0.383 e. The smallest absolute Gasteiger partial charge is 0.383 e. The molecule has 1 aliphatic heterocycles. The van der Waals surface area contributed by atoms with Crippen LogP contribution in [0, 0.1) is 0 Å². The van der Waals surface area contributed by atoms with Crippen molar-refractivity contribution < 1.29 is 26.7 Å². The monoisotopic (exact) mass is 460 g/mol. The summed E-state index contributed by atoms with van der Waals surface area (Å²) in [4.78, 5) is 24.9. The molecule has 0 saturated heterocycles. The predicted octanol–water partition coefficient (Wildman–Crippen LogP) is 2.45. The number of aromatic nitrogens is 4. The van der Waals surface area contributed by atoms with Crippen molar-refractivity contribution in [2.45, 2.75) is 43.8 Å². The number of aliphatic imine (C=N–C) groups is 1.